The first-order valence-electron chi connectivity index (χ1n) is 7.34. The van der Waals surface area contributed by atoms with Gasteiger partial charge in [-0.3, -0.25) is 14.2 Å². The number of nitrogens with zero attached hydrogens (tertiary/aromatic N) is 4. The SMILES string of the molecule is CCOC(=O)Cn1cc(C)c(COCCn2cc(C)cn2)n1. The molecule has 0 saturated carbocycles. The van der Waals surface area contributed by atoms with Crippen molar-refractivity contribution >= 4 is 5.97 Å². The molecule has 0 N–H and O–H groups in total. The van der Waals surface area contributed by atoms with E-state index in [0.29, 0.717) is 26.4 Å². The summed E-state index contributed by atoms with van der Waals surface area (Å²) >= 11 is 0. The van der Waals surface area contributed by atoms with Crippen molar-refractivity contribution in [3.8, 4) is 0 Å². The van der Waals surface area contributed by atoms with Gasteiger partial charge in [0, 0.05) is 12.4 Å². The molecule has 22 heavy (non-hydrogen) atoms. The summed E-state index contributed by atoms with van der Waals surface area (Å²) in [6, 6.07) is 0. The minimum Gasteiger partial charge on any atom is -0.465 e. The maximum atomic E-state index is 11.4. The zero-order valence-corrected chi connectivity index (χ0v) is 13.3. The minimum absolute atomic E-state index is 0.126. The van der Waals surface area contributed by atoms with E-state index >= 15 is 0 Å². The summed E-state index contributed by atoms with van der Waals surface area (Å²) in [4.78, 5) is 11.4. The van der Waals surface area contributed by atoms with Crippen molar-refractivity contribution in [3.63, 3.8) is 0 Å². The van der Waals surface area contributed by atoms with E-state index in [-0.39, 0.29) is 12.5 Å². The lowest BCUT2D eigenvalue weighted by Crippen LogP contribution is -2.14. The van der Waals surface area contributed by atoms with Crippen LogP contribution in [0.5, 0.6) is 0 Å². The van der Waals surface area contributed by atoms with Crippen molar-refractivity contribution in [1.82, 2.24) is 19.6 Å². The molecule has 0 radical (unpaired) electrons. The monoisotopic (exact) mass is 306 g/mol. The number of aryl methyl sites for hydroxylation is 2. The van der Waals surface area contributed by atoms with E-state index in [1.54, 1.807) is 11.6 Å². The zero-order valence-electron chi connectivity index (χ0n) is 13.3. The van der Waals surface area contributed by atoms with Crippen LogP contribution < -0.4 is 0 Å². The van der Waals surface area contributed by atoms with Gasteiger partial charge < -0.3 is 9.47 Å². The Labute approximate surface area is 129 Å². The third-order valence-corrected chi connectivity index (χ3v) is 3.11. The van der Waals surface area contributed by atoms with Gasteiger partial charge in [0.05, 0.1) is 38.3 Å². The van der Waals surface area contributed by atoms with Gasteiger partial charge in [0.2, 0.25) is 0 Å². The first kappa shape index (κ1) is 16.2. The third kappa shape index (κ3) is 4.70. The first-order valence-corrected chi connectivity index (χ1v) is 7.34. The van der Waals surface area contributed by atoms with Crippen molar-refractivity contribution in [2.24, 2.45) is 0 Å². The molecule has 0 aromatic carbocycles. The highest BCUT2D eigenvalue weighted by molar-refractivity contribution is 5.69. The molecule has 0 bridgehead atoms. The van der Waals surface area contributed by atoms with Crippen molar-refractivity contribution in [2.75, 3.05) is 13.2 Å². The molecule has 2 aromatic heterocycles. The summed E-state index contributed by atoms with van der Waals surface area (Å²) in [5.74, 6) is -0.286. The maximum absolute atomic E-state index is 11.4. The molecule has 2 rings (SSSR count). The van der Waals surface area contributed by atoms with Crippen LogP contribution in [-0.4, -0.2) is 38.7 Å². The van der Waals surface area contributed by atoms with Crippen molar-refractivity contribution in [3.05, 3.63) is 35.4 Å². The largest absolute Gasteiger partial charge is 0.465 e. The summed E-state index contributed by atoms with van der Waals surface area (Å²) in [5.41, 5.74) is 2.97. The molecular formula is C15H22N4O3. The average Bonchev–Trinajstić information content (AvgIpc) is 3.01. The van der Waals surface area contributed by atoms with Crippen LogP contribution in [0.3, 0.4) is 0 Å². The highest BCUT2D eigenvalue weighted by Gasteiger charge is 2.09. The van der Waals surface area contributed by atoms with E-state index in [4.69, 9.17) is 9.47 Å². The van der Waals surface area contributed by atoms with E-state index < -0.39 is 0 Å². The molecular weight excluding hydrogens is 284 g/mol. The van der Waals surface area contributed by atoms with Crippen LogP contribution in [-0.2, 0) is 34.0 Å². The van der Waals surface area contributed by atoms with Crippen molar-refractivity contribution in [2.45, 2.75) is 40.5 Å². The molecule has 0 saturated heterocycles. The Balaban J connectivity index is 1.77. The van der Waals surface area contributed by atoms with E-state index in [1.807, 2.05) is 37.1 Å². The molecule has 7 heteroatoms. The van der Waals surface area contributed by atoms with Crippen molar-refractivity contribution < 1.29 is 14.3 Å². The molecule has 0 aliphatic carbocycles. The Kier molecular flexibility index (Phi) is 5.71. The molecule has 0 unspecified atom stereocenters. The highest BCUT2D eigenvalue weighted by atomic mass is 16.5. The average molecular weight is 306 g/mol. The standard InChI is InChI=1S/C15H22N4O3/c1-4-22-15(20)10-19-9-13(3)14(17-19)11-21-6-5-18-8-12(2)7-16-18/h7-9H,4-6,10-11H2,1-3H3. The normalized spacial score (nSPS) is 10.9. The topological polar surface area (TPSA) is 71.2 Å². The molecule has 2 aromatic rings. The molecule has 0 atom stereocenters. The van der Waals surface area contributed by atoms with Gasteiger partial charge >= 0.3 is 5.97 Å². The minimum atomic E-state index is -0.286. The van der Waals surface area contributed by atoms with Crippen LogP contribution in [0.2, 0.25) is 0 Å². The van der Waals surface area contributed by atoms with E-state index in [1.165, 1.54) is 0 Å². The second-order valence-corrected chi connectivity index (χ2v) is 5.09. The predicted octanol–water partition coefficient (Wildman–Crippen LogP) is 1.48. The lowest BCUT2D eigenvalue weighted by Gasteiger charge is -2.04. The third-order valence-electron chi connectivity index (χ3n) is 3.11. The summed E-state index contributed by atoms with van der Waals surface area (Å²) in [6.45, 7) is 7.92. The maximum Gasteiger partial charge on any atom is 0.327 e. The van der Waals surface area contributed by atoms with Gasteiger partial charge in [-0.2, -0.15) is 10.2 Å². The number of rotatable bonds is 8. The van der Waals surface area contributed by atoms with E-state index in [9.17, 15) is 4.79 Å². The number of aromatic nitrogens is 4. The van der Waals surface area contributed by atoms with Crippen molar-refractivity contribution in [1.29, 1.82) is 0 Å². The highest BCUT2D eigenvalue weighted by Crippen LogP contribution is 2.07. The summed E-state index contributed by atoms with van der Waals surface area (Å²) < 4.78 is 14.0. The fourth-order valence-electron chi connectivity index (χ4n) is 2.04. The molecule has 0 aliphatic rings. The number of hydrogen-bond acceptors (Lipinski definition) is 5. The number of ether oxygens (including phenoxy) is 2. The van der Waals surface area contributed by atoms with Gasteiger partial charge in [0.25, 0.3) is 0 Å². The Hall–Kier alpha value is -2.15. The second-order valence-electron chi connectivity index (χ2n) is 5.09. The molecule has 0 amide bonds. The Morgan fingerprint density at radius 3 is 2.77 bits per heavy atom. The van der Waals surface area contributed by atoms with Gasteiger partial charge in [-0.1, -0.05) is 0 Å². The second kappa shape index (κ2) is 7.74. The van der Waals surface area contributed by atoms with Gasteiger partial charge in [0.15, 0.2) is 0 Å². The van der Waals surface area contributed by atoms with Gasteiger partial charge in [0.1, 0.15) is 6.54 Å². The quantitative estimate of drug-likeness (QED) is 0.545. The zero-order chi connectivity index (χ0) is 15.9. The summed E-state index contributed by atoms with van der Waals surface area (Å²) in [6.07, 6.45) is 5.62. The summed E-state index contributed by atoms with van der Waals surface area (Å²) in [5, 5.41) is 8.55. The molecule has 7 nitrogen and oxygen atoms in total. The smallest absolute Gasteiger partial charge is 0.327 e. The van der Waals surface area contributed by atoms with Crippen LogP contribution in [0.1, 0.15) is 23.7 Å². The molecule has 120 valence electrons. The van der Waals surface area contributed by atoms with Gasteiger partial charge in [-0.05, 0) is 31.9 Å². The first-order chi connectivity index (χ1) is 10.6. The van der Waals surface area contributed by atoms with Crippen LogP contribution in [0.25, 0.3) is 0 Å². The van der Waals surface area contributed by atoms with Crippen LogP contribution >= 0.6 is 0 Å². The van der Waals surface area contributed by atoms with E-state index in [0.717, 1.165) is 16.8 Å². The fraction of sp³-hybridized carbons (Fsp3) is 0.533. The Morgan fingerprint density at radius 2 is 2.09 bits per heavy atom. The van der Waals surface area contributed by atoms with Crippen LogP contribution in [0, 0.1) is 13.8 Å². The summed E-state index contributed by atoms with van der Waals surface area (Å²) in [7, 11) is 0. The van der Waals surface area contributed by atoms with E-state index in [2.05, 4.69) is 10.2 Å². The Morgan fingerprint density at radius 1 is 1.27 bits per heavy atom. The predicted molar refractivity (Wildman–Crippen MR) is 80.2 cm³/mol. The van der Waals surface area contributed by atoms with Crippen LogP contribution in [0.15, 0.2) is 18.6 Å². The number of carbonyl (C=O) groups excluding carboxylic acids is 1. The lowest BCUT2D eigenvalue weighted by molar-refractivity contribution is -0.144. The molecule has 0 spiro atoms. The molecule has 0 aliphatic heterocycles. The Bertz CT molecular complexity index is 618. The number of hydrogen-bond donors (Lipinski definition) is 0. The van der Waals surface area contributed by atoms with Crippen LogP contribution in [0.4, 0.5) is 0 Å². The fourth-order valence-corrected chi connectivity index (χ4v) is 2.04. The van der Waals surface area contributed by atoms with Gasteiger partial charge in [-0.25, -0.2) is 0 Å². The molecule has 0 fully saturated rings. The van der Waals surface area contributed by atoms with Gasteiger partial charge in [-0.15, -0.1) is 0 Å². The molecule has 2 heterocycles. The number of carbonyl (C=O) groups is 1. The number of esters is 1. The lowest BCUT2D eigenvalue weighted by atomic mass is 10.3.